The van der Waals surface area contributed by atoms with Crippen LogP contribution in [0.5, 0.6) is 0 Å². The van der Waals surface area contributed by atoms with Gasteiger partial charge in [0.1, 0.15) is 5.82 Å². The smallest absolute Gasteiger partial charge is 0.236 e. The molecule has 2 fully saturated rings. The van der Waals surface area contributed by atoms with Crippen LogP contribution in [0.15, 0.2) is 30.5 Å². The number of fused-ring (bicyclic) bond motifs is 1. The Morgan fingerprint density at radius 3 is 2.39 bits per heavy atom. The SMILES string of the molecule is O=C(CN1CCN(Cc2ccc(F)c3cccnc23)CC1)N1CCCCCC1. The number of likely N-dealkylation sites (tertiary alicyclic amines) is 1. The molecule has 0 unspecified atom stereocenters. The van der Waals surface area contributed by atoms with Crippen molar-refractivity contribution in [3.63, 3.8) is 0 Å². The minimum absolute atomic E-state index is 0.219. The summed E-state index contributed by atoms with van der Waals surface area (Å²) in [7, 11) is 0. The molecule has 0 N–H and O–H groups in total. The van der Waals surface area contributed by atoms with Crippen LogP contribution in [0.2, 0.25) is 0 Å². The van der Waals surface area contributed by atoms with E-state index in [0.717, 1.165) is 69.7 Å². The van der Waals surface area contributed by atoms with Crippen LogP contribution >= 0.6 is 0 Å². The molecule has 2 aliphatic heterocycles. The number of piperazine rings is 1. The van der Waals surface area contributed by atoms with E-state index in [-0.39, 0.29) is 11.7 Å². The second kappa shape index (κ2) is 8.97. The van der Waals surface area contributed by atoms with Crippen LogP contribution in [0.3, 0.4) is 0 Å². The predicted molar refractivity (Wildman–Crippen MR) is 108 cm³/mol. The first-order valence-electron chi connectivity index (χ1n) is 10.5. The highest BCUT2D eigenvalue weighted by atomic mass is 19.1. The second-order valence-electron chi connectivity index (χ2n) is 7.95. The summed E-state index contributed by atoms with van der Waals surface area (Å²) in [6.07, 6.45) is 6.49. The first kappa shape index (κ1) is 19.3. The van der Waals surface area contributed by atoms with Gasteiger partial charge in [-0.2, -0.15) is 0 Å². The Morgan fingerprint density at radius 2 is 1.64 bits per heavy atom. The summed E-state index contributed by atoms with van der Waals surface area (Å²) < 4.78 is 14.0. The average molecular weight is 384 g/mol. The van der Waals surface area contributed by atoms with Crippen LogP contribution in [0.25, 0.3) is 10.9 Å². The molecule has 4 rings (SSSR count). The largest absolute Gasteiger partial charge is 0.342 e. The van der Waals surface area contributed by atoms with Gasteiger partial charge in [0.15, 0.2) is 0 Å². The Labute approximate surface area is 166 Å². The van der Waals surface area contributed by atoms with E-state index in [1.54, 1.807) is 18.3 Å². The summed E-state index contributed by atoms with van der Waals surface area (Å²) >= 11 is 0. The topological polar surface area (TPSA) is 39.7 Å². The standard InChI is InChI=1S/C22H29FN4O/c23-20-8-7-18(22-19(20)6-5-9-24-22)16-25-12-14-26(15-13-25)17-21(28)27-10-3-1-2-4-11-27/h5-9H,1-4,10-17H2. The first-order chi connectivity index (χ1) is 13.7. The fourth-order valence-electron chi connectivity index (χ4n) is 4.28. The lowest BCUT2D eigenvalue weighted by molar-refractivity contribution is -0.132. The zero-order chi connectivity index (χ0) is 19.3. The maximum Gasteiger partial charge on any atom is 0.236 e. The molecule has 3 heterocycles. The van der Waals surface area contributed by atoms with Gasteiger partial charge in [0.2, 0.25) is 5.91 Å². The summed E-state index contributed by atoms with van der Waals surface area (Å²) in [5.41, 5.74) is 1.81. The van der Waals surface area contributed by atoms with Crippen LogP contribution in [0, 0.1) is 5.82 Å². The number of aromatic nitrogens is 1. The number of carbonyl (C=O) groups is 1. The molecular formula is C22H29FN4O. The molecule has 150 valence electrons. The van der Waals surface area contributed by atoms with Gasteiger partial charge in [-0.3, -0.25) is 19.6 Å². The van der Waals surface area contributed by atoms with Crippen LogP contribution in [-0.4, -0.2) is 71.4 Å². The maximum atomic E-state index is 14.0. The van der Waals surface area contributed by atoms with Crippen molar-refractivity contribution in [1.29, 1.82) is 0 Å². The number of rotatable bonds is 4. The third-order valence-corrected chi connectivity index (χ3v) is 5.98. The number of hydrogen-bond acceptors (Lipinski definition) is 4. The molecule has 0 saturated carbocycles. The van der Waals surface area contributed by atoms with E-state index < -0.39 is 0 Å². The Bertz CT molecular complexity index is 811. The number of benzene rings is 1. The van der Waals surface area contributed by atoms with Crippen molar-refractivity contribution in [1.82, 2.24) is 19.7 Å². The van der Waals surface area contributed by atoms with E-state index >= 15 is 0 Å². The molecule has 0 spiro atoms. The zero-order valence-corrected chi connectivity index (χ0v) is 16.4. The third kappa shape index (κ3) is 4.50. The summed E-state index contributed by atoms with van der Waals surface area (Å²) in [6, 6.07) is 6.94. The molecule has 6 heteroatoms. The Balaban J connectivity index is 1.31. The zero-order valence-electron chi connectivity index (χ0n) is 16.4. The van der Waals surface area contributed by atoms with Crippen LogP contribution in [-0.2, 0) is 11.3 Å². The maximum absolute atomic E-state index is 14.0. The molecule has 1 aromatic heterocycles. The van der Waals surface area contributed by atoms with Crippen molar-refractivity contribution in [3.8, 4) is 0 Å². The number of hydrogen-bond donors (Lipinski definition) is 0. The fraction of sp³-hybridized carbons (Fsp3) is 0.545. The number of halogens is 1. The molecule has 0 aliphatic carbocycles. The van der Waals surface area contributed by atoms with E-state index in [9.17, 15) is 9.18 Å². The lowest BCUT2D eigenvalue weighted by Gasteiger charge is -2.35. The number of amides is 1. The Hall–Kier alpha value is -2.05. The highest BCUT2D eigenvalue weighted by Crippen LogP contribution is 2.21. The summed E-state index contributed by atoms with van der Waals surface area (Å²) in [5.74, 6) is 0.0628. The van der Waals surface area contributed by atoms with Crippen LogP contribution in [0.4, 0.5) is 4.39 Å². The minimum atomic E-state index is -0.219. The van der Waals surface area contributed by atoms with Crippen molar-refractivity contribution in [2.24, 2.45) is 0 Å². The predicted octanol–water partition coefficient (Wildman–Crippen LogP) is 2.89. The molecule has 2 saturated heterocycles. The number of nitrogens with zero attached hydrogens (tertiary/aromatic N) is 4. The molecule has 28 heavy (non-hydrogen) atoms. The lowest BCUT2D eigenvalue weighted by atomic mass is 10.1. The van der Waals surface area contributed by atoms with E-state index in [4.69, 9.17) is 0 Å². The monoisotopic (exact) mass is 384 g/mol. The molecule has 2 aliphatic rings. The van der Waals surface area contributed by atoms with Crippen molar-refractivity contribution in [2.75, 3.05) is 45.8 Å². The molecule has 5 nitrogen and oxygen atoms in total. The fourth-order valence-corrected chi connectivity index (χ4v) is 4.28. The molecular weight excluding hydrogens is 355 g/mol. The van der Waals surface area contributed by atoms with Gasteiger partial charge in [-0.05, 0) is 36.6 Å². The summed E-state index contributed by atoms with van der Waals surface area (Å²) in [4.78, 5) is 23.7. The molecule has 0 atom stereocenters. The van der Waals surface area contributed by atoms with Gasteiger partial charge in [-0.15, -0.1) is 0 Å². The van der Waals surface area contributed by atoms with Gasteiger partial charge in [0.25, 0.3) is 0 Å². The number of pyridine rings is 1. The van der Waals surface area contributed by atoms with Gasteiger partial charge in [-0.25, -0.2) is 4.39 Å². The highest BCUT2D eigenvalue weighted by Gasteiger charge is 2.23. The van der Waals surface area contributed by atoms with E-state index in [2.05, 4.69) is 19.7 Å². The Kier molecular flexibility index (Phi) is 6.17. The van der Waals surface area contributed by atoms with Crippen molar-refractivity contribution in [3.05, 3.63) is 41.8 Å². The third-order valence-electron chi connectivity index (χ3n) is 5.98. The highest BCUT2D eigenvalue weighted by molar-refractivity contribution is 5.82. The van der Waals surface area contributed by atoms with E-state index in [1.807, 2.05) is 6.07 Å². The summed E-state index contributed by atoms with van der Waals surface area (Å²) in [6.45, 7) is 6.76. The van der Waals surface area contributed by atoms with Gasteiger partial charge in [0.05, 0.1) is 12.1 Å². The molecule has 1 amide bonds. The van der Waals surface area contributed by atoms with Crippen molar-refractivity contribution in [2.45, 2.75) is 32.2 Å². The van der Waals surface area contributed by atoms with Gasteiger partial charge in [0, 0.05) is 57.4 Å². The molecule has 2 aromatic rings. The summed E-state index contributed by atoms with van der Waals surface area (Å²) in [5, 5.41) is 0.585. The molecule has 0 radical (unpaired) electrons. The normalized spacial score (nSPS) is 19.7. The van der Waals surface area contributed by atoms with E-state index in [1.165, 1.54) is 18.9 Å². The first-order valence-corrected chi connectivity index (χ1v) is 10.5. The minimum Gasteiger partial charge on any atom is -0.342 e. The van der Waals surface area contributed by atoms with Crippen molar-refractivity contribution >= 4 is 16.8 Å². The quantitative estimate of drug-likeness (QED) is 0.813. The van der Waals surface area contributed by atoms with Gasteiger partial charge < -0.3 is 4.90 Å². The lowest BCUT2D eigenvalue weighted by Crippen LogP contribution is -2.49. The van der Waals surface area contributed by atoms with Crippen LogP contribution < -0.4 is 0 Å². The van der Waals surface area contributed by atoms with Gasteiger partial charge >= 0.3 is 0 Å². The second-order valence-corrected chi connectivity index (χ2v) is 7.95. The Morgan fingerprint density at radius 1 is 0.929 bits per heavy atom. The van der Waals surface area contributed by atoms with Crippen LogP contribution in [0.1, 0.15) is 31.2 Å². The number of carbonyl (C=O) groups excluding carboxylic acids is 1. The average Bonchev–Trinajstić information content (AvgIpc) is 3.01. The van der Waals surface area contributed by atoms with E-state index in [0.29, 0.717) is 11.9 Å². The van der Waals surface area contributed by atoms with Gasteiger partial charge in [-0.1, -0.05) is 18.9 Å². The molecule has 0 bridgehead atoms. The molecule has 1 aromatic carbocycles. The van der Waals surface area contributed by atoms with Crippen molar-refractivity contribution < 1.29 is 9.18 Å².